The standard InChI is InChI=1S/C21H26ClF3N2O5.C19H25F3N2O4.C2H2Cl2O/c1-5-31-17(29)20(12-26(13-20)18(30)32-19(2,3)4)27(16(28)10-22)11-14-6-8-15(9-7-14)21(23,24)25;1-5-27-15(25)18(11-24(12-18)16(26)28-17(2,3)4)23-10-13-6-8-14(9-7-13)19(20,21)22;3-1-2(4)5/h6-9H,5,10-13H2,1-4H3;6-9,23H,5,10-12H2,1-4H3;1H2. The van der Waals surface area contributed by atoms with Crippen molar-refractivity contribution in [3.05, 3.63) is 70.8 Å². The average Bonchev–Trinajstić information content (AvgIpc) is 3.15. The second kappa shape index (κ2) is 23.3. The first-order chi connectivity index (χ1) is 29.9. The van der Waals surface area contributed by atoms with E-state index in [-0.39, 0.29) is 58.4 Å². The molecule has 0 saturated carbocycles. The van der Waals surface area contributed by atoms with Crippen LogP contribution in [0.1, 0.15) is 77.6 Å². The molecule has 14 nitrogen and oxygen atoms in total. The molecule has 2 heterocycles. The molecule has 0 aromatic heterocycles. The summed E-state index contributed by atoms with van der Waals surface area (Å²) in [7, 11) is 0. The largest absolute Gasteiger partial charge is 0.465 e. The van der Waals surface area contributed by atoms with Crippen molar-refractivity contribution < 1.29 is 74.1 Å². The summed E-state index contributed by atoms with van der Waals surface area (Å²) in [5.41, 5.74) is -4.70. The molecule has 364 valence electrons. The SMILES string of the molecule is CCOC(=O)C1(N(Cc2ccc(C(F)(F)F)cc2)C(=O)CCl)CN(C(=O)OC(C)(C)C)C1.CCOC(=O)C1(NCc2ccc(C(F)(F)F)cc2)CN(C(=O)OC(C)(C)C)C1.O=C(Cl)CCl. The summed E-state index contributed by atoms with van der Waals surface area (Å²) in [6.07, 6.45) is -10.1. The van der Waals surface area contributed by atoms with Gasteiger partial charge in [0.2, 0.25) is 11.1 Å². The second-order valence-corrected chi connectivity index (χ2v) is 17.5. The number of nitrogens with one attached hydrogen (secondary N) is 1. The lowest BCUT2D eigenvalue weighted by Crippen LogP contribution is -2.76. The molecular weight excluding hydrogens is 941 g/mol. The summed E-state index contributed by atoms with van der Waals surface area (Å²) < 4.78 is 97.4. The maximum absolute atomic E-state index is 12.9. The molecule has 65 heavy (non-hydrogen) atoms. The molecule has 0 radical (unpaired) electrons. The van der Waals surface area contributed by atoms with Crippen LogP contribution < -0.4 is 5.32 Å². The normalized spacial score (nSPS) is 15.3. The third-order valence-corrected chi connectivity index (χ3v) is 9.76. The van der Waals surface area contributed by atoms with Crippen LogP contribution in [0, 0.1) is 0 Å². The Balaban J connectivity index is 0.000000407. The van der Waals surface area contributed by atoms with Gasteiger partial charge in [-0.15, -0.1) is 23.2 Å². The number of ether oxygens (including phenoxy) is 4. The molecule has 0 spiro atoms. The summed E-state index contributed by atoms with van der Waals surface area (Å²) >= 11 is 15.3. The van der Waals surface area contributed by atoms with Crippen molar-refractivity contribution in [3.63, 3.8) is 0 Å². The topological polar surface area (TPSA) is 161 Å². The molecule has 0 unspecified atom stereocenters. The van der Waals surface area contributed by atoms with Crippen molar-refractivity contribution in [1.29, 1.82) is 0 Å². The van der Waals surface area contributed by atoms with Gasteiger partial charge in [-0.05, 0) is 102 Å². The van der Waals surface area contributed by atoms with Crippen LogP contribution >= 0.6 is 34.8 Å². The highest BCUT2D eigenvalue weighted by Gasteiger charge is 2.59. The van der Waals surface area contributed by atoms with Crippen LogP contribution in [0.25, 0.3) is 0 Å². The first-order valence-electron chi connectivity index (χ1n) is 19.8. The fourth-order valence-electron chi connectivity index (χ4n) is 5.97. The lowest BCUT2D eigenvalue weighted by molar-refractivity contribution is -0.176. The van der Waals surface area contributed by atoms with Gasteiger partial charge in [-0.1, -0.05) is 24.3 Å². The Hall–Kier alpha value is -4.53. The molecule has 0 bridgehead atoms. The zero-order chi connectivity index (χ0) is 49.8. The lowest BCUT2D eigenvalue weighted by Gasteiger charge is -2.53. The van der Waals surface area contributed by atoms with Crippen molar-refractivity contribution in [2.75, 3.05) is 51.2 Å². The van der Waals surface area contributed by atoms with Gasteiger partial charge in [0.15, 0.2) is 11.1 Å². The van der Waals surface area contributed by atoms with E-state index >= 15 is 0 Å². The van der Waals surface area contributed by atoms with Crippen LogP contribution in [-0.4, -0.2) is 123 Å². The number of halogens is 9. The number of likely N-dealkylation sites (tertiary alicyclic amines) is 2. The molecule has 2 aliphatic heterocycles. The van der Waals surface area contributed by atoms with Crippen molar-refractivity contribution >= 4 is 70.1 Å². The number of carbonyl (C=O) groups is 6. The van der Waals surface area contributed by atoms with E-state index in [1.807, 2.05) is 0 Å². The number of rotatable bonds is 12. The van der Waals surface area contributed by atoms with E-state index in [9.17, 15) is 55.1 Å². The molecule has 0 atom stereocenters. The minimum atomic E-state index is -4.50. The molecule has 23 heteroatoms. The van der Waals surface area contributed by atoms with Gasteiger partial charge in [0, 0.05) is 13.1 Å². The van der Waals surface area contributed by atoms with Crippen molar-refractivity contribution in [2.45, 2.75) is 103 Å². The highest BCUT2D eigenvalue weighted by molar-refractivity contribution is 6.67. The Bertz CT molecular complexity index is 1950. The molecule has 0 aliphatic carbocycles. The van der Waals surface area contributed by atoms with Crippen LogP contribution in [0.15, 0.2) is 48.5 Å². The second-order valence-electron chi connectivity index (χ2n) is 16.6. The number of carbonyl (C=O) groups excluding carboxylic acids is 6. The van der Waals surface area contributed by atoms with Crippen molar-refractivity contribution in [3.8, 4) is 0 Å². The monoisotopic (exact) mass is 992 g/mol. The Labute approximate surface area is 388 Å². The summed E-state index contributed by atoms with van der Waals surface area (Å²) in [5.74, 6) is -2.43. The fourth-order valence-corrected chi connectivity index (χ4v) is 6.12. The van der Waals surface area contributed by atoms with E-state index in [0.29, 0.717) is 11.1 Å². The number of amides is 3. The summed E-state index contributed by atoms with van der Waals surface area (Å²) in [6.45, 7) is 13.5. The molecule has 2 aromatic carbocycles. The van der Waals surface area contributed by atoms with Gasteiger partial charge in [0.05, 0.1) is 56.4 Å². The molecule has 3 amide bonds. The molecule has 2 saturated heterocycles. The van der Waals surface area contributed by atoms with E-state index in [1.54, 1.807) is 55.4 Å². The molecular formula is C42H53Cl3F6N4O10. The van der Waals surface area contributed by atoms with Gasteiger partial charge < -0.3 is 33.6 Å². The van der Waals surface area contributed by atoms with E-state index in [4.69, 9.17) is 53.8 Å². The van der Waals surface area contributed by atoms with Gasteiger partial charge >= 0.3 is 36.5 Å². The third-order valence-electron chi connectivity index (χ3n) is 9.02. The maximum Gasteiger partial charge on any atom is 0.416 e. The first kappa shape index (κ1) is 56.6. The van der Waals surface area contributed by atoms with Crippen molar-refractivity contribution in [1.82, 2.24) is 20.0 Å². The fraction of sp³-hybridized carbons (Fsp3) is 0.571. The number of esters is 2. The zero-order valence-corrected chi connectivity index (χ0v) is 39.3. The first-order valence-corrected chi connectivity index (χ1v) is 21.3. The zero-order valence-electron chi connectivity index (χ0n) is 37.0. The van der Waals surface area contributed by atoms with Gasteiger partial charge in [-0.3, -0.25) is 14.9 Å². The quantitative estimate of drug-likeness (QED) is 0.0719. The number of benzene rings is 2. The average molecular weight is 994 g/mol. The highest BCUT2D eigenvalue weighted by atomic mass is 35.5. The molecule has 2 aromatic rings. The maximum atomic E-state index is 12.9. The Morgan fingerprint density at radius 3 is 1.38 bits per heavy atom. The van der Waals surface area contributed by atoms with Crippen LogP contribution in [0.2, 0.25) is 0 Å². The summed E-state index contributed by atoms with van der Waals surface area (Å²) in [5, 5.41) is 2.53. The molecule has 2 fully saturated rings. The highest BCUT2D eigenvalue weighted by Crippen LogP contribution is 2.35. The van der Waals surface area contributed by atoms with E-state index in [2.05, 4.69) is 5.32 Å². The summed E-state index contributed by atoms with van der Waals surface area (Å²) in [4.78, 5) is 75.7. The lowest BCUT2D eigenvalue weighted by atomic mass is 9.87. The van der Waals surface area contributed by atoms with Crippen molar-refractivity contribution in [2.24, 2.45) is 0 Å². The number of nitrogens with zero attached hydrogens (tertiary/aromatic N) is 3. The van der Waals surface area contributed by atoms with Crippen LogP contribution in [0.5, 0.6) is 0 Å². The Kier molecular flexibility index (Phi) is 20.3. The van der Waals surface area contributed by atoms with E-state index < -0.39 is 86.9 Å². The summed E-state index contributed by atoms with van der Waals surface area (Å²) in [6, 6.07) is 8.90. The molecule has 2 aliphatic rings. The van der Waals surface area contributed by atoms with Gasteiger partial charge in [-0.2, -0.15) is 26.3 Å². The number of hydrogen-bond donors (Lipinski definition) is 1. The Morgan fingerprint density at radius 1 is 0.646 bits per heavy atom. The van der Waals surface area contributed by atoms with Crippen LogP contribution in [-0.2, 0) is 63.6 Å². The van der Waals surface area contributed by atoms with Crippen LogP contribution in [0.4, 0.5) is 35.9 Å². The third kappa shape index (κ3) is 17.0. The predicted molar refractivity (Wildman–Crippen MR) is 227 cm³/mol. The number of alkyl halides is 8. The minimum Gasteiger partial charge on any atom is -0.465 e. The van der Waals surface area contributed by atoms with E-state index in [0.717, 1.165) is 29.2 Å². The van der Waals surface area contributed by atoms with E-state index in [1.165, 1.54) is 34.1 Å². The van der Waals surface area contributed by atoms with Gasteiger partial charge in [0.25, 0.3) is 0 Å². The molecule has 4 rings (SSSR count). The Morgan fingerprint density at radius 2 is 1.03 bits per heavy atom. The smallest absolute Gasteiger partial charge is 0.416 e. The van der Waals surface area contributed by atoms with Gasteiger partial charge in [0.1, 0.15) is 17.1 Å². The number of hydrogen-bond acceptors (Lipinski definition) is 11. The van der Waals surface area contributed by atoms with Gasteiger partial charge in [-0.25, -0.2) is 19.2 Å². The molecule has 1 N–H and O–H groups in total. The predicted octanol–water partition coefficient (Wildman–Crippen LogP) is 8.16. The minimum absolute atomic E-state index is 0.0379. The van der Waals surface area contributed by atoms with Crippen LogP contribution in [0.3, 0.4) is 0 Å².